The molecule has 0 fully saturated rings. The van der Waals surface area contributed by atoms with Crippen LogP contribution in [0.25, 0.3) is 5.57 Å². The second-order valence-electron chi connectivity index (χ2n) is 6.73. The Balaban J connectivity index is 2.22. The van der Waals surface area contributed by atoms with Gasteiger partial charge in [-0.05, 0) is 44.4 Å². The van der Waals surface area contributed by atoms with Gasteiger partial charge in [-0.2, -0.15) is 0 Å². The molecule has 8 heteroatoms. The van der Waals surface area contributed by atoms with E-state index in [0.717, 1.165) is 11.1 Å². The minimum Gasteiger partial charge on any atom is -0.444 e. The fourth-order valence-electron chi connectivity index (χ4n) is 2.61. The van der Waals surface area contributed by atoms with Gasteiger partial charge in [0.25, 0.3) is 5.69 Å². The fraction of sp³-hybridized carbons (Fsp3) is 0.471. The predicted molar refractivity (Wildman–Crippen MR) is 98.1 cm³/mol. The first kappa shape index (κ1) is 19.1. The van der Waals surface area contributed by atoms with Gasteiger partial charge >= 0.3 is 6.09 Å². The van der Waals surface area contributed by atoms with Gasteiger partial charge < -0.3 is 15.0 Å². The zero-order valence-corrected chi connectivity index (χ0v) is 15.5. The van der Waals surface area contributed by atoms with Crippen molar-refractivity contribution in [1.82, 2.24) is 4.90 Å². The molecule has 0 aliphatic carbocycles. The van der Waals surface area contributed by atoms with Crippen molar-refractivity contribution < 1.29 is 14.5 Å². The van der Waals surface area contributed by atoms with Gasteiger partial charge in [0.15, 0.2) is 0 Å². The van der Waals surface area contributed by atoms with Gasteiger partial charge in [-0.25, -0.2) is 4.79 Å². The number of carbonyl (C=O) groups is 1. The van der Waals surface area contributed by atoms with Crippen LogP contribution in [0.2, 0.25) is 5.02 Å². The molecule has 1 aliphatic heterocycles. The molecule has 1 heterocycles. The molecule has 0 bridgehead atoms. The first-order valence-corrected chi connectivity index (χ1v) is 8.34. The summed E-state index contributed by atoms with van der Waals surface area (Å²) in [4.78, 5) is 24.3. The Morgan fingerprint density at radius 1 is 1.40 bits per heavy atom. The van der Waals surface area contributed by atoms with E-state index in [0.29, 0.717) is 30.2 Å². The summed E-state index contributed by atoms with van der Waals surface area (Å²) in [6, 6.07) is 3.09. The van der Waals surface area contributed by atoms with Crippen LogP contribution < -0.4 is 5.32 Å². The number of hydrogen-bond donors (Lipinski definition) is 1. The Bertz CT molecular complexity index is 725. The lowest BCUT2D eigenvalue weighted by molar-refractivity contribution is -0.383. The number of carbonyl (C=O) groups excluding carboxylic acids is 1. The summed E-state index contributed by atoms with van der Waals surface area (Å²) in [6.45, 7) is 6.39. The quantitative estimate of drug-likeness (QED) is 0.635. The van der Waals surface area contributed by atoms with Crippen molar-refractivity contribution in [1.29, 1.82) is 0 Å². The Kier molecular flexibility index (Phi) is 5.57. The summed E-state index contributed by atoms with van der Waals surface area (Å²) in [5.41, 5.74) is 1.38. The lowest BCUT2D eigenvalue weighted by Crippen LogP contribution is -2.39. The third-order valence-electron chi connectivity index (χ3n) is 3.77. The summed E-state index contributed by atoms with van der Waals surface area (Å²) in [7, 11) is 1.59. The highest BCUT2D eigenvalue weighted by atomic mass is 35.5. The number of benzene rings is 1. The molecule has 0 radical (unpaired) electrons. The van der Waals surface area contributed by atoms with Crippen molar-refractivity contribution >= 4 is 34.6 Å². The molecule has 2 rings (SSSR count). The molecule has 1 aromatic carbocycles. The molecule has 0 saturated heterocycles. The van der Waals surface area contributed by atoms with Gasteiger partial charge in [0.1, 0.15) is 11.3 Å². The van der Waals surface area contributed by atoms with E-state index in [1.54, 1.807) is 18.0 Å². The summed E-state index contributed by atoms with van der Waals surface area (Å²) in [6.07, 6.45) is 2.15. The van der Waals surface area contributed by atoms with Crippen molar-refractivity contribution in [2.24, 2.45) is 0 Å². The zero-order chi connectivity index (χ0) is 18.8. The molecule has 1 aliphatic rings. The van der Waals surface area contributed by atoms with Crippen molar-refractivity contribution in [2.75, 3.05) is 25.5 Å². The minimum absolute atomic E-state index is 0.0666. The largest absolute Gasteiger partial charge is 0.444 e. The molecule has 0 unspecified atom stereocenters. The molecule has 1 N–H and O–H groups in total. The van der Waals surface area contributed by atoms with Crippen LogP contribution in [0, 0.1) is 10.1 Å². The molecular formula is C17H22ClN3O4. The highest BCUT2D eigenvalue weighted by Crippen LogP contribution is 2.39. The molecule has 0 saturated carbocycles. The van der Waals surface area contributed by atoms with Crippen molar-refractivity contribution in [3.63, 3.8) is 0 Å². The number of amides is 1. The summed E-state index contributed by atoms with van der Waals surface area (Å²) in [5, 5.41) is 14.2. The van der Waals surface area contributed by atoms with Crippen LogP contribution in [-0.2, 0) is 4.74 Å². The third-order valence-corrected chi connectivity index (χ3v) is 4.17. The normalized spacial score (nSPS) is 14.8. The first-order valence-electron chi connectivity index (χ1n) is 7.96. The summed E-state index contributed by atoms with van der Waals surface area (Å²) < 4.78 is 5.37. The van der Waals surface area contributed by atoms with Crippen molar-refractivity contribution in [2.45, 2.75) is 32.8 Å². The topological polar surface area (TPSA) is 84.7 Å². The van der Waals surface area contributed by atoms with Crippen LogP contribution >= 0.6 is 11.6 Å². The average Bonchev–Trinajstić information content (AvgIpc) is 2.53. The molecule has 0 atom stereocenters. The predicted octanol–water partition coefficient (Wildman–Crippen LogP) is 4.31. The number of halogens is 1. The molecule has 1 amide bonds. The lowest BCUT2D eigenvalue weighted by Gasteiger charge is -2.30. The van der Waals surface area contributed by atoms with Crippen molar-refractivity contribution in [3.05, 3.63) is 38.9 Å². The van der Waals surface area contributed by atoms with Crippen LogP contribution in [0.5, 0.6) is 0 Å². The second kappa shape index (κ2) is 7.31. The van der Waals surface area contributed by atoms with Gasteiger partial charge in [0.2, 0.25) is 0 Å². The smallest absolute Gasteiger partial charge is 0.410 e. The van der Waals surface area contributed by atoms with Gasteiger partial charge in [-0.3, -0.25) is 10.1 Å². The fourth-order valence-corrected chi connectivity index (χ4v) is 2.99. The minimum atomic E-state index is -0.537. The molecule has 0 aromatic heterocycles. The standard InChI is InChI=1S/C17H22ClN3O4/c1-17(2,3)25-16(22)20-9-7-11(8-10-20)12-5-6-13(21(23)24)15(19-4)14(12)18/h5-7,19H,8-10H2,1-4H3. The van der Waals surface area contributed by atoms with E-state index in [-0.39, 0.29) is 11.8 Å². The molecule has 1 aromatic rings. The number of anilines is 1. The summed E-state index contributed by atoms with van der Waals surface area (Å²) in [5.74, 6) is 0. The van der Waals surface area contributed by atoms with Gasteiger partial charge in [-0.15, -0.1) is 0 Å². The number of ether oxygens (including phenoxy) is 1. The first-order chi connectivity index (χ1) is 11.6. The Labute approximate surface area is 151 Å². The Morgan fingerprint density at radius 3 is 2.56 bits per heavy atom. The number of rotatable bonds is 3. The van der Waals surface area contributed by atoms with Crippen LogP contribution in [0.15, 0.2) is 18.2 Å². The van der Waals surface area contributed by atoms with E-state index in [1.807, 2.05) is 26.8 Å². The number of nitrogens with zero attached hydrogens (tertiary/aromatic N) is 2. The van der Waals surface area contributed by atoms with E-state index in [9.17, 15) is 14.9 Å². The van der Waals surface area contributed by atoms with Crippen LogP contribution in [0.1, 0.15) is 32.8 Å². The van der Waals surface area contributed by atoms with E-state index in [1.165, 1.54) is 6.07 Å². The third kappa shape index (κ3) is 4.42. The highest BCUT2D eigenvalue weighted by molar-refractivity contribution is 6.35. The maximum atomic E-state index is 12.1. The molecule has 0 spiro atoms. The molecular weight excluding hydrogens is 346 g/mol. The highest BCUT2D eigenvalue weighted by Gasteiger charge is 2.26. The van der Waals surface area contributed by atoms with E-state index >= 15 is 0 Å². The lowest BCUT2D eigenvalue weighted by atomic mass is 9.98. The average molecular weight is 368 g/mol. The van der Waals surface area contributed by atoms with E-state index < -0.39 is 10.5 Å². The number of nitrogens with one attached hydrogen (secondary N) is 1. The van der Waals surface area contributed by atoms with E-state index in [4.69, 9.17) is 16.3 Å². The van der Waals surface area contributed by atoms with Gasteiger partial charge in [0, 0.05) is 26.2 Å². The Hall–Kier alpha value is -2.28. The second-order valence-corrected chi connectivity index (χ2v) is 7.11. The molecule has 7 nitrogen and oxygen atoms in total. The summed E-state index contributed by atoms with van der Waals surface area (Å²) >= 11 is 6.36. The van der Waals surface area contributed by atoms with Crippen LogP contribution in [-0.4, -0.2) is 41.7 Å². The number of hydrogen-bond acceptors (Lipinski definition) is 5. The molecule has 25 heavy (non-hydrogen) atoms. The Morgan fingerprint density at radius 2 is 2.08 bits per heavy atom. The molecule has 136 valence electrons. The maximum Gasteiger partial charge on any atom is 0.410 e. The van der Waals surface area contributed by atoms with E-state index in [2.05, 4.69) is 5.32 Å². The number of nitro groups is 1. The monoisotopic (exact) mass is 367 g/mol. The zero-order valence-electron chi connectivity index (χ0n) is 14.8. The van der Waals surface area contributed by atoms with Crippen LogP contribution in [0.4, 0.5) is 16.2 Å². The van der Waals surface area contributed by atoms with Gasteiger partial charge in [0.05, 0.1) is 9.95 Å². The SMILES string of the molecule is CNc1c([N+](=O)[O-])ccc(C2=CCN(C(=O)OC(C)(C)C)CC2)c1Cl. The van der Waals surface area contributed by atoms with Crippen molar-refractivity contribution in [3.8, 4) is 0 Å². The maximum absolute atomic E-state index is 12.1. The van der Waals surface area contributed by atoms with Gasteiger partial charge in [-0.1, -0.05) is 17.7 Å². The number of nitro benzene ring substituents is 1. The van der Waals surface area contributed by atoms with Crippen LogP contribution in [0.3, 0.4) is 0 Å².